The van der Waals surface area contributed by atoms with Crippen LogP contribution in [0.25, 0.3) is 11.0 Å². The molecule has 3 nitrogen and oxygen atoms in total. The van der Waals surface area contributed by atoms with Crippen molar-refractivity contribution < 1.29 is 0 Å². The first-order valence-electron chi connectivity index (χ1n) is 7.30. The molecule has 0 amide bonds. The van der Waals surface area contributed by atoms with E-state index in [1.807, 2.05) is 26.8 Å². The number of nitrogens with zero attached hydrogens (tertiary/aromatic N) is 3. The molecule has 0 unspecified atom stereocenters. The average Bonchev–Trinajstić information content (AvgIpc) is 2.87. The highest BCUT2D eigenvalue weighted by Gasteiger charge is 2.09. The van der Waals surface area contributed by atoms with Crippen LogP contribution < -0.4 is 0 Å². The van der Waals surface area contributed by atoms with Gasteiger partial charge in [0.25, 0.3) is 0 Å². The normalized spacial score (nSPS) is 9.95. The van der Waals surface area contributed by atoms with Gasteiger partial charge in [-0.2, -0.15) is 5.26 Å². The second kappa shape index (κ2) is 7.15. The quantitative estimate of drug-likeness (QED) is 0.661. The van der Waals surface area contributed by atoms with Crippen LogP contribution in [0.4, 0.5) is 0 Å². The van der Waals surface area contributed by atoms with Crippen LogP contribution in [0.5, 0.6) is 0 Å². The van der Waals surface area contributed by atoms with Gasteiger partial charge >= 0.3 is 0 Å². The van der Waals surface area contributed by atoms with Gasteiger partial charge in [-0.3, -0.25) is 3.97 Å². The molecule has 2 heterocycles. The number of aryl methyl sites for hydroxylation is 2. The van der Waals surface area contributed by atoms with Gasteiger partial charge in [0.2, 0.25) is 0 Å². The van der Waals surface area contributed by atoms with E-state index < -0.39 is 0 Å². The third kappa shape index (κ3) is 3.32. The van der Waals surface area contributed by atoms with E-state index in [1.165, 1.54) is 10.5 Å². The molecule has 4 heteroatoms. The predicted molar refractivity (Wildman–Crippen MR) is 93.0 cm³/mol. The van der Waals surface area contributed by atoms with Crippen LogP contribution >= 0.6 is 11.9 Å². The maximum Gasteiger partial charge on any atom is 0.150 e. The Hall–Kier alpha value is -2.25. The summed E-state index contributed by atoms with van der Waals surface area (Å²) in [6.07, 6.45) is 3.68. The Labute approximate surface area is 135 Å². The lowest BCUT2D eigenvalue weighted by atomic mass is 10.2. The van der Waals surface area contributed by atoms with Crippen molar-refractivity contribution in [3.05, 3.63) is 59.4 Å². The van der Waals surface area contributed by atoms with Gasteiger partial charge in [0.1, 0.15) is 6.07 Å². The van der Waals surface area contributed by atoms with E-state index in [2.05, 4.69) is 52.4 Å². The van der Waals surface area contributed by atoms with Gasteiger partial charge in [-0.1, -0.05) is 31.5 Å². The minimum atomic E-state index is 0.596. The summed E-state index contributed by atoms with van der Waals surface area (Å²) in [6, 6.07) is 12.4. The first kappa shape index (κ1) is 16.1. The summed E-state index contributed by atoms with van der Waals surface area (Å²) in [4.78, 5) is 5.57. The molecule has 3 aromatic rings. The van der Waals surface area contributed by atoms with Crippen molar-refractivity contribution >= 4 is 23.0 Å². The molecule has 0 radical (unpaired) electrons. The Bertz CT molecular complexity index is 811. The fourth-order valence-corrected chi connectivity index (χ4v) is 3.00. The number of pyridine rings is 1. The number of benzene rings is 1. The number of rotatable bonds is 2. The third-order valence-corrected chi connectivity index (χ3v) is 4.12. The van der Waals surface area contributed by atoms with Crippen LogP contribution in [-0.4, -0.2) is 8.96 Å². The Morgan fingerprint density at radius 1 is 1.14 bits per heavy atom. The van der Waals surface area contributed by atoms with Crippen LogP contribution in [0.15, 0.2) is 47.6 Å². The summed E-state index contributed by atoms with van der Waals surface area (Å²) in [6.45, 7) is 8.12. The summed E-state index contributed by atoms with van der Waals surface area (Å²) < 4.78 is 2.05. The zero-order valence-electron chi connectivity index (χ0n) is 13.3. The molecule has 0 N–H and O–H groups in total. The summed E-state index contributed by atoms with van der Waals surface area (Å²) >= 11 is 1.63. The summed E-state index contributed by atoms with van der Waals surface area (Å²) in [5.74, 6) is 0. The molecule has 1 aromatic carbocycles. The lowest BCUT2D eigenvalue weighted by Crippen LogP contribution is -1.88. The Balaban J connectivity index is 0.000000847. The molecule has 2 aromatic heterocycles. The van der Waals surface area contributed by atoms with E-state index in [-0.39, 0.29) is 0 Å². The third-order valence-electron chi connectivity index (χ3n) is 3.16. The Kier molecular flexibility index (Phi) is 5.24. The second-order valence-electron chi connectivity index (χ2n) is 4.75. The minimum Gasteiger partial charge on any atom is -0.270 e. The Morgan fingerprint density at radius 3 is 2.45 bits per heavy atom. The Morgan fingerprint density at radius 2 is 1.82 bits per heavy atom. The van der Waals surface area contributed by atoms with E-state index in [4.69, 9.17) is 5.26 Å². The first-order chi connectivity index (χ1) is 10.7. The summed E-state index contributed by atoms with van der Waals surface area (Å²) in [5.41, 5.74) is 3.87. The highest BCUT2D eigenvalue weighted by molar-refractivity contribution is 7.98. The molecule has 0 aliphatic heterocycles. The number of hydrogen-bond acceptors (Lipinski definition) is 3. The molecule has 0 fully saturated rings. The van der Waals surface area contributed by atoms with E-state index in [0.29, 0.717) is 5.56 Å². The van der Waals surface area contributed by atoms with E-state index in [1.54, 1.807) is 18.1 Å². The van der Waals surface area contributed by atoms with Crippen LogP contribution in [0.3, 0.4) is 0 Å². The maximum atomic E-state index is 8.95. The van der Waals surface area contributed by atoms with Crippen molar-refractivity contribution in [2.24, 2.45) is 0 Å². The molecular formula is C18H19N3S. The molecule has 22 heavy (non-hydrogen) atoms. The molecule has 112 valence electrons. The maximum absolute atomic E-state index is 8.95. The molecule has 0 atom stereocenters. The SMILES string of the molecule is CC.Cc1ccc(Sn2cc(C)c3cc(C#N)cnc32)cc1. The van der Waals surface area contributed by atoms with Gasteiger partial charge in [-0.05, 0) is 49.6 Å². The number of hydrogen-bond donors (Lipinski definition) is 0. The molecule has 0 spiro atoms. The molecule has 0 aliphatic carbocycles. The van der Waals surface area contributed by atoms with Crippen LogP contribution in [0.2, 0.25) is 0 Å². The van der Waals surface area contributed by atoms with Gasteiger partial charge in [-0.15, -0.1) is 0 Å². The molecule has 0 saturated carbocycles. The fourth-order valence-electron chi connectivity index (χ4n) is 2.07. The number of fused-ring (bicyclic) bond motifs is 1. The van der Waals surface area contributed by atoms with Crippen molar-refractivity contribution in [3.63, 3.8) is 0 Å². The van der Waals surface area contributed by atoms with Gasteiger partial charge in [0.15, 0.2) is 5.65 Å². The largest absolute Gasteiger partial charge is 0.270 e. The number of nitriles is 1. The monoisotopic (exact) mass is 309 g/mol. The van der Waals surface area contributed by atoms with Crippen LogP contribution in [0.1, 0.15) is 30.5 Å². The molecule has 0 saturated heterocycles. The zero-order chi connectivity index (χ0) is 16.1. The highest BCUT2D eigenvalue weighted by atomic mass is 32.2. The van der Waals surface area contributed by atoms with Crippen LogP contribution in [-0.2, 0) is 0 Å². The summed E-state index contributed by atoms with van der Waals surface area (Å²) in [7, 11) is 0. The van der Waals surface area contributed by atoms with E-state index in [9.17, 15) is 0 Å². The predicted octanol–water partition coefficient (Wildman–Crippen LogP) is 5.11. The molecular weight excluding hydrogens is 290 g/mol. The smallest absolute Gasteiger partial charge is 0.150 e. The summed E-state index contributed by atoms with van der Waals surface area (Å²) in [5, 5.41) is 9.99. The standard InChI is InChI=1S/C16H13N3S.C2H6/c1-11-3-5-14(6-4-11)20-19-10-12(2)15-7-13(8-17)9-18-16(15)19;1-2/h3-7,9-10H,1-2H3;1-2H3. The van der Waals surface area contributed by atoms with Crippen molar-refractivity contribution in [3.8, 4) is 6.07 Å². The lowest BCUT2D eigenvalue weighted by Gasteiger charge is -2.04. The van der Waals surface area contributed by atoms with Crippen molar-refractivity contribution in [2.75, 3.05) is 0 Å². The first-order valence-corrected chi connectivity index (χ1v) is 8.07. The zero-order valence-corrected chi connectivity index (χ0v) is 14.1. The fraction of sp³-hybridized carbons (Fsp3) is 0.222. The molecule has 0 bridgehead atoms. The molecule has 3 rings (SSSR count). The molecule has 0 aliphatic rings. The van der Waals surface area contributed by atoms with Crippen molar-refractivity contribution in [2.45, 2.75) is 32.6 Å². The van der Waals surface area contributed by atoms with E-state index >= 15 is 0 Å². The average molecular weight is 309 g/mol. The second-order valence-corrected chi connectivity index (χ2v) is 5.80. The van der Waals surface area contributed by atoms with Crippen molar-refractivity contribution in [1.82, 2.24) is 8.96 Å². The highest BCUT2D eigenvalue weighted by Crippen LogP contribution is 2.28. The van der Waals surface area contributed by atoms with Crippen LogP contribution in [0, 0.1) is 25.2 Å². The minimum absolute atomic E-state index is 0.596. The van der Waals surface area contributed by atoms with Gasteiger partial charge in [0, 0.05) is 22.7 Å². The lowest BCUT2D eigenvalue weighted by molar-refractivity contribution is 1.23. The van der Waals surface area contributed by atoms with Crippen molar-refractivity contribution in [1.29, 1.82) is 5.26 Å². The number of aromatic nitrogens is 2. The van der Waals surface area contributed by atoms with Gasteiger partial charge in [-0.25, -0.2) is 4.98 Å². The van der Waals surface area contributed by atoms with Gasteiger partial charge in [0.05, 0.1) is 5.56 Å². The van der Waals surface area contributed by atoms with E-state index in [0.717, 1.165) is 16.6 Å². The van der Waals surface area contributed by atoms with Gasteiger partial charge < -0.3 is 0 Å². The topological polar surface area (TPSA) is 41.6 Å².